The van der Waals surface area contributed by atoms with Gasteiger partial charge in [0.15, 0.2) is 11.5 Å². The van der Waals surface area contributed by atoms with Gasteiger partial charge in [0.2, 0.25) is 0 Å². The fourth-order valence-electron chi connectivity index (χ4n) is 1.63. The standard InChI is InChI=1S/C15H14N2O4/c1-2-20-15(18)14-7-13(21-17-14)10-19-9-12-5-3-11(8-16)4-6-12/h3-7H,2,9-10H2,1H3. The zero-order valence-electron chi connectivity index (χ0n) is 11.5. The Hall–Kier alpha value is -2.65. The minimum Gasteiger partial charge on any atom is -0.461 e. The van der Waals surface area contributed by atoms with Crippen molar-refractivity contribution in [1.29, 1.82) is 5.26 Å². The van der Waals surface area contributed by atoms with Gasteiger partial charge in [0, 0.05) is 6.07 Å². The van der Waals surface area contributed by atoms with E-state index < -0.39 is 5.97 Å². The third-order valence-electron chi connectivity index (χ3n) is 2.64. The number of hydrogen-bond donors (Lipinski definition) is 0. The molecule has 2 aromatic rings. The summed E-state index contributed by atoms with van der Waals surface area (Å²) in [6.45, 7) is 2.59. The molecule has 0 atom stereocenters. The smallest absolute Gasteiger partial charge is 0.360 e. The molecule has 0 radical (unpaired) electrons. The number of benzene rings is 1. The molecule has 21 heavy (non-hydrogen) atoms. The highest BCUT2D eigenvalue weighted by atomic mass is 16.5. The van der Waals surface area contributed by atoms with Crippen molar-refractivity contribution < 1.29 is 18.8 Å². The van der Waals surface area contributed by atoms with Gasteiger partial charge in [-0.3, -0.25) is 0 Å². The number of esters is 1. The summed E-state index contributed by atoms with van der Waals surface area (Å²) in [6, 6.07) is 10.6. The molecule has 0 fully saturated rings. The maximum absolute atomic E-state index is 11.4. The molecule has 0 bridgehead atoms. The normalized spacial score (nSPS) is 10.1. The minimum atomic E-state index is -0.514. The van der Waals surface area contributed by atoms with E-state index in [1.54, 1.807) is 19.1 Å². The van der Waals surface area contributed by atoms with Crippen LogP contribution in [0.15, 0.2) is 34.9 Å². The Kier molecular flexibility index (Phi) is 5.07. The summed E-state index contributed by atoms with van der Waals surface area (Å²) in [5.41, 5.74) is 1.68. The lowest BCUT2D eigenvalue weighted by Gasteiger charge is -2.01. The van der Waals surface area contributed by atoms with Gasteiger partial charge in [0.05, 0.1) is 24.8 Å². The first-order valence-electron chi connectivity index (χ1n) is 6.42. The third kappa shape index (κ3) is 4.16. The molecule has 1 aromatic carbocycles. The molecule has 0 aliphatic heterocycles. The molecule has 0 aliphatic rings. The van der Waals surface area contributed by atoms with Gasteiger partial charge in [-0.2, -0.15) is 5.26 Å². The average molecular weight is 286 g/mol. The first kappa shape index (κ1) is 14.8. The van der Waals surface area contributed by atoms with Crippen molar-refractivity contribution in [1.82, 2.24) is 5.16 Å². The molecule has 2 rings (SSSR count). The number of carbonyl (C=O) groups excluding carboxylic acids is 1. The highest BCUT2D eigenvalue weighted by Crippen LogP contribution is 2.09. The predicted molar refractivity (Wildman–Crippen MR) is 72.1 cm³/mol. The molecule has 0 saturated carbocycles. The average Bonchev–Trinajstić information content (AvgIpc) is 2.97. The third-order valence-corrected chi connectivity index (χ3v) is 2.64. The topological polar surface area (TPSA) is 85.4 Å². The van der Waals surface area contributed by atoms with Crippen LogP contribution < -0.4 is 0 Å². The quantitative estimate of drug-likeness (QED) is 0.758. The lowest BCUT2D eigenvalue weighted by Crippen LogP contribution is -2.04. The van der Waals surface area contributed by atoms with Crippen LogP contribution in [0.3, 0.4) is 0 Å². The lowest BCUT2D eigenvalue weighted by atomic mass is 10.2. The second kappa shape index (κ2) is 7.22. The maximum atomic E-state index is 11.4. The summed E-state index contributed by atoms with van der Waals surface area (Å²) in [5, 5.41) is 12.3. The number of aromatic nitrogens is 1. The molecule has 0 spiro atoms. The molecular weight excluding hydrogens is 272 g/mol. The van der Waals surface area contributed by atoms with E-state index in [2.05, 4.69) is 11.2 Å². The van der Waals surface area contributed by atoms with Crippen molar-refractivity contribution in [2.75, 3.05) is 6.61 Å². The highest BCUT2D eigenvalue weighted by Gasteiger charge is 2.13. The van der Waals surface area contributed by atoms with Crippen molar-refractivity contribution in [2.45, 2.75) is 20.1 Å². The van der Waals surface area contributed by atoms with Crippen LogP contribution in [0.2, 0.25) is 0 Å². The second-order valence-electron chi connectivity index (χ2n) is 4.20. The fourth-order valence-corrected chi connectivity index (χ4v) is 1.63. The van der Waals surface area contributed by atoms with Crippen LogP contribution in [0.5, 0.6) is 0 Å². The van der Waals surface area contributed by atoms with Crippen LogP contribution in [0.1, 0.15) is 34.3 Å². The maximum Gasteiger partial charge on any atom is 0.360 e. The molecule has 1 aromatic heterocycles. The molecular formula is C15H14N2O4. The highest BCUT2D eigenvalue weighted by molar-refractivity contribution is 5.87. The molecule has 0 amide bonds. The van der Waals surface area contributed by atoms with Gasteiger partial charge in [-0.15, -0.1) is 0 Å². The van der Waals surface area contributed by atoms with Crippen molar-refractivity contribution in [2.24, 2.45) is 0 Å². The fraction of sp³-hybridized carbons (Fsp3) is 0.267. The van der Waals surface area contributed by atoms with E-state index in [0.29, 0.717) is 17.9 Å². The van der Waals surface area contributed by atoms with Crippen molar-refractivity contribution in [3.05, 3.63) is 52.9 Å². The summed E-state index contributed by atoms with van der Waals surface area (Å²) in [7, 11) is 0. The van der Waals surface area contributed by atoms with Gasteiger partial charge < -0.3 is 14.0 Å². The number of ether oxygens (including phenoxy) is 2. The molecule has 0 aliphatic carbocycles. The number of carbonyl (C=O) groups is 1. The molecule has 6 nitrogen and oxygen atoms in total. The predicted octanol–water partition coefficient (Wildman–Crippen LogP) is 2.44. The Bertz CT molecular complexity index is 640. The van der Waals surface area contributed by atoms with Gasteiger partial charge in [-0.25, -0.2) is 4.79 Å². The Labute approximate surface area is 121 Å². The largest absolute Gasteiger partial charge is 0.461 e. The first-order chi connectivity index (χ1) is 10.2. The molecule has 6 heteroatoms. The lowest BCUT2D eigenvalue weighted by molar-refractivity contribution is 0.0513. The van der Waals surface area contributed by atoms with Crippen molar-refractivity contribution >= 4 is 5.97 Å². The Morgan fingerprint density at radius 2 is 2.10 bits per heavy atom. The zero-order valence-corrected chi connectivity index (χ0v) is 11.5. The van der Waals surface area contributed by atoms with E-state index in [4.69, 9.17) is 19.3 Å². The summed E-state index contributed by atoms with van der Waals surface area (Å²) >= 11 is 0. The molecule has 108 valence electrons. The van der Waals surface area contributed by atoms with Crippen LogP contribution in [0.25, 0.3) is 0 Å². The molecule has 0 N–H and O–H groups in total. The van der Waals surface area contributed by atoms with Gasteiger partial charge >= 0.3 is 5.97 Å². The van der Waals surface area contributed by atoms with E-state index in [-0.39, 0.29) is 18.9 Å². The number of rotatable bonds is 6. The molecule has 0 saturated heterocycles. The SMILES string of the molecule is CCOC(=O)c1cc(COCc2ccc(C#N)cc2)on1. The summed E-state index contributed by atoms with van der Waals surface area (Å²) in [4.78, 5) is 11.4. The Morgan fingerprint density at radius 1 is 1.33 bits per heavy atom. The van der Waals surface area contributed by atoms with Crippen LogP contribution in [0, 0.1) is 11.3 Å². The van der Waals surface area contributed by atoms with E-state index in [9.17, 15) is 4.79 Å². The van der Waals surface area contributed by atoms with Gasteiger partial charge in [0.25, 0.3) is 0 Å². The van der Waals surface area contributed by atoms with Crippen LogP contribution >= 0.6 is 0 Å². The summed E-state index contributed by atoms with van der Waals surface area (Å²) in [6.07, 6.45) is 0. The van der Waals surface area contributed by atoms with Crippen molar-refractivity contribution in [3.8, 4) is 6.07 Å². The van der Waals surface area contributed by atoms with E-state index in [0.717, 1.165) is 5.56 Å². The second-order valence-corrected chi connectivity index (χ2v) is 4.20. The Morgan fingerprint density at radius 3 is 2.76 bits per heavy atom. The Balaban J connectivity index is 1.83. The van der Waals surface area contributed by atoms with Gasteiger partial charge in [0.1, 0.15) is 6.61 Å². The molecule has 0 unspecified atom stereocenters. The summed E-state index contributed by atoms with van der Waals surface area (Å²) in [5.74, 6) is -0.0636. The minimum absolute atomic E-state index is 0.133. The number of nitriles is 1. The van der Waals surface area contributed by atoms with E-state index in [1.807, 2.05) is 12.1 Å². The molecule has 1 heterocycles. The summed E-state index contributed by atoms with van der Waals surface area (Å²) < 4.78 is 15.3. The van der Waals surface area contributed by atoms with E-state index in [1.165, 1.54) is 6.07 Å². The van der Waals surface area contributed by atoms with E-state index >= 15 is 0 Å². The van der Waals surface area contributed by atoms with Crippen molar-refractivity contribution in [3.63, 3.8) is 0 Å². The van der Waals surface area contributed by atoms with Crippen LogP contribution in [-0.2, 0) is 22.7 Å². The first-order valence-corrected chi connectivity index (χ1v) is 6.42. The zero-order chi connectivity index (χ0) is 15.1. The van der Waals surface area contributed by atoms with Crippen LogP contribution in [0.4, 0.5) is 0 Å². The monoisotopic (exact) mass is 286 g/mol. The number of hydrogen-bond acceptors (Lipinski definition) is 6. The van der Waals surface area contributed by atoms with Crippen LogP contribution in [-0.4, -0.2) is 17.7 Å². The number of nitrogens with zero attached hydrogens (tertiary/aromatic N) is 2. The van der Waals surface area contributed by atoms with Gasteiger partial charge in [-0.05, 0) is 24.6 Å². The van der Waals surface area contributed by atoms with Gasteiger partial charge in [-0.1, -0.05) is 17.3 Å².